The van der Waals surface area contributed by atoms with Crippen molar-refractivity contribution in [1.82, 2.24) is 0 Å². The molecule has 0 radical (unpaired) electrons. The first-order valence-electron chi connectivity index (χ1n) is 3.93. The number of ether oxygens (including phenoxy) is 1. The van der Waals surface area contributed by atoms with Gasteiger partial charge in [0.15, 0.2) is 0 Å². The monoisotopic (exact) mass is 185 g/mol. The molecule has 0 heterocycles. The Morgan fingerprint density at radius 2 is 2.17 bits per heavy atom. The van der Waals surface area contributed by atoms with E-state index in [2.05, 4.69) is 21.5 Å². The van der Waals surface area contributed by atoms with Crippen molar-refractivity contribution in [2.24, 2.45) is 4.36 Å². The minimum absolute atomic E-state index is 0.279. The summed E-state index contributed by atoms with van der Waals surface area (Å²) >= 11 is 4.58. The molecule has 0 spiro atoms. The summed E-state index contributed by atoms with van der Waals surface area (Å²) in [5.41, 5.74) is 1.40. The molecule has 12 heavy (non-hydrogen) atoms. The summed E-state index contributed by atoms with van der Waals surface area (Å²) in [5.74, 6) is -0.279. The number of nitrogens with zero attached hydrogens (tertiary/aromatic N) is 1. The van der Waals surface area contributed by atoms with Crippen LogP contribution in [0.4, 0.5) is 0 Å². The molecule has 0 aromatic carbocycles. The first kappa shape index (κ1) is 9.32. The normalized spacial score (nSPS) is 17.4. The van der Waals surface area contributed by atoms with Crippen LogP contribution in [0.2, 0.25) is 0 Å². The maximum absolute atomic E-state index is 11.1. The molecular formula is C8H11NO2S. The van der Waals surface area contributed by atoms with Crippen LogP contribution >= 0.6 is 0 Å². The van der Waals surface area contributed by atoms with E-state index >= 15 is 0 Å². The Hall–Kier alpha value is -0.770. The van der Waals surface area contributed by atoms with Gasteiger partial charge in [0.1, 0.15) is 0 Å². The summed E-state index contributed by atoms with van der Waals surface area (Å²) in [4.78, 5) is 11.1. The number of hydrogen-bond donors (Lipinski definition) is 0. The molecule has 0 unspecified atom stereocenters. The minimum atomic E-state index is -0.279. The second-order valence-electron chi connectivity index (χ2n) is 2.72. The molecule has 0 aromatic rings. The first-order chi connectivity index (χ1) is 5.79. The van der Waals surface area contributed by atoms with Gasteiger partial charge in [-0.2, -0.15) is 4.36 Å². The standard InChI is InChI=1S/C8H11NO2S/c1-11-8(10)6-4-2-3-5-7(6)9-12/h2-5H2,1H3. The van der Waals surface area contributed by atoms with Crippen molar-refractivity contribution in [2.75, 3.05) is 7.11 Å². The van der Waals surface area contributed by atoms with Crippen molar-refractivity contribution >= 4 is 18.4 Å². The third kappa shape index (κ3) is 1.88. The average molecular weight is 185 g/mol. The molecule has 0 amide bonds. The highest BCUT2D eigenvalue weighted by Crippen LogP contribution is 2.25. The van der Waals surface area contributed by atoms with Gasteiger partial charge in [0.05, 0.1) is 18.4 Å². The van der Waals surface area contributed by atoms with Crippen LogP contribution in [0.3, 0.4) is 0 Å². The summed E-state index contributed by atoms with van der Waals surface area (Å²) in [5, 5.41) is 0. The highest BCUT2D eigenvalue weighted by atomic mass is 32.1. The van der Waals surface area contributed by atoms with E-state index in [9.17, 15) is 4.79 Å². The summed E-state index contributed by atoms with van der Waals surface area (Å²) in [7, 11) is 1.38. The topological polar surface area (TPSA) is 38.7 Å². The zero-order chi connectivity index (χ0) is 8.97. The van der Waals surface area contributed by atoms with E-state index in [0.717, 1.165) is 31.4 Å². The van der Waals surface area contributed by atoms with Crippen LogP contribution in [0.15, 0.2) is 15.6 Å². The molecule has 0 fully saturated rings. The number of rotatable bonds is 2. The van der Waals surface area contributed by atoms with Gasteiger partial charge in [-0.05, 0) is 25.7 Å². The number of esters is 1. The summed E-state index contributed by atoms with van der Waals surface area (Å²) < 4.78 is 8.28. The lowest BCUT2D eigenvalue weighted by Gasteiger charge is -2.13. The predicted molar refractivity (Wildman–Crippen MR) is 47.3 cm³/mol. The van der Waals surface area contributed by atoms with Gasteiger partial charge in [0.2, 0.25) is 0 Å². The van der Waals surface area contributed by atoms with Crippen LogP contribution in [-0.2, 0) is 22.0 Å². The van der Waals surface area contributed by atoms with E-state index in [1.54, 1.807) is 0 Å². The highest BCUT2D eigenvalue weighted by molar-refractivity contribution is 7.47. The molecule has 0 saturated carbocycles. The molecule has 1 rings (SSSR count). The lowest BCUT2D eigenvalue weighted by atomic mass is 9.97. The Bertz CT molecular complexity index is 235. The fourth-order valence-electron chi connectivity index (χ4n) is 1.33. The summed E-state index contributed by atoms with van der Waals surface area (Å²) in [6.07, 6.45) is 3.66. The van der Waals surface area contributed by atoms with Crippen molar-refractivity contribution in [1.29, 1.82) is 0 Å². The van der Waals surface area contributed by atoms with Gasteiger partial charge in [-0.1, -0.05) is 0 Å². The molecule has 0 saturated heterocycles. The van der Waals surface area contributed by atoms with Crippen LogP contribution in [-0.4, -0.2) is 13.1 Å². The Morgan fingerprint density at radius 1 is 1.50 bits per heavy atom. The minimum Gasteiger partial charge on any atom is -0.466 e. The van der Waals surface area contributed by atoms with E-state index in [1.807, 2.05) is 0 Å². The van der Waals surface area contributed by atoms with E-state index in [4.69, 9.17) is 0 Å². The number of methoxy groups -OCH3 is 1. The maximum Gasteiger partial charge on any atom is 0.335 e. The smallest absolute Gasteiger partial charge is 0.335 e. The SMILES string of the molecule is COC(=O)C1=C(N=S)CCCC1. The third-order valence-electron chi connectivity index (χ3n) is 1.98. The van der Waals surface area contributed by atoms with Crippen LogP contribution in [0.1, 0.15) is 25.7 Å². The number of hydrogen-bond acceptors (Lipinski definition) is 4. The second-order valence-corrected chi connectivity index (χ2v) is 2.90. The van der Waals surface area contributed by atoms with Crippen LogP contribution in [0, 0.1) is 0 Å². The molecule has 0 aromatic heterocycles. The Balaban J connectivity index is 2.86. The lowest BCUT2D eigenvalue weighted by Crippen LogP contribution is -2.10. The van der Waals surface area contributed by atoms with Gasteiger partial charge >= 0.3 is 5.97 Å². The van der Waals surface area contributed by atoms with Gasteiger partial charge in [0.25, 0.3) is 0 Å². The Morgan fingerprint density at radius 3 is 2.75 bits per heavy atom. The van der Waals surface area contributed by atoms with Gasteiger partial charge in [0, 0.05) is 12.4 Å². The van der Waals surface area contributed by atoms with E-state index < -0.39 is 0 Å². The molecule has 1 aliphatic rings. The van der Waals surface area contributed by atoms with Gasteiger partial charge < -0.3 is 4.74 Å². The van der Waals surface area contributed by atoms with Crippen molar-refractivity contribution < 1.29 is 9.53 Å². The number of carbonyl (C=O) groups excluding carboxylic acids is 1. The molecular weight excluding hydrogens is 174 g/mol. The number of allylic oxidation sites excluding steroid dienone is 1. The predicted octanol–water partition coefficient (Wildman–Crippen LogP) is 1.72. The first-order valence-corrected chi connectivity index (χ1v) is 4.29. The Labute approximate surface area is 77.0 Å². The van der Waals surface area contributed by atoms with Gasteiger partial charge in [-0.3, -0.25) is 0 Å². The second kappa shape index (κ2) is 4.30. The maximum atomic E-state index is 11.1. The molecule has 0 aliphatic heterocycles. The van der Waals surface area contributed by atoms with Crippen molar-refractivity contribution in [3.63, 3.8) is 0 Å². The quantitative estimate of drug-likeness (QED) is 0.615. The zero-order valence-corrected chi connectivity index (χ0v) is 7.82. The molecule has 0 bridgehead atoms. The third-order valence-corrected chi connectivity index (χ3v) is 2.20. The van der Waals surface area contributed by atoms with Gasteiger partial charge in [-0.25, -0.2) is 4.79 Å². The van der Waals surface area contributed by atoms with Crippen molar-refractivity contribution in [3.05, 3.63) is 11.3 Å². The molecule has 3 nitrogen and oxygen atoms in total. The summed E-state index contributed by atoms with van der Waals surface area (Å²) in [6, 6.07) is 0. The largest absolute Gasteiger partial charge is 0.466 e. The van der Waals surface area contributed by atoms with E-state index in [0.29, 0.717) is 5.57 Å². The van der Waals surface area contributed by atoms with E-state index in [1.165, 1.54) is 7.11 Å². The average Bonchev–Trinajstić information content (AvgIpc) is 2.16. The van der Waals surface area contributed by atoms with Crippen molar-refractivity contribution in [3.8, 4) is 0 Å². The summed E-state index contributed by atoms with van der Waals surface area (Å²) in [6.45, 7) is 0. The van der Waals surface area contributed by atoms with Crippen molar-refractivity contribution in [2.45, 2.75) is 25.7 Å². The fourth-order valence-corrected chi connectivity index (χ4v) is 1.53. The van der Waals surface area contributed by atoms with Crippen LogP contribution < -0.4 is 0 Å². The van der Waals surface area contributed by atoms with Crippen LogP contribution in [0.25, 0.3) is 0 Å². The lowest BCUT2D eigenvalue weighted by molar-refractivity contribution is -0.136. The van der Waals surface area contributed by atoms with E-state index in [-0.39, 0.29) is 5.97 Å². The Kier molecular flexibility index (Phi) is 3.34. The molecule has 4 heteroatoms. The molecule has 66 valence electrons. The highest BCUT2D eigenvalue weighted by Gasteiger charge is 2.18. The fraction of sp³-hybridized carbons (Fsp3) is 0.625. The zero-order valence-electron chi connectivity index (χ0n) is 7.00. The van der Waals surface area contributed by atoms with Crippen LogP contribution in [0.5, 0.6) is 0 Å². The van der Waals surface area contributed by atoms with Gasteiger partial charge in [-0.15, -0.1) is 0 Å². The molecule has 0 N–H and O–H groups in total. The molecule has 0 atom stereocenters. The number of carbonyl (C=O) groups is 1. The molecule has 1 aliphatic carbocycles.